The van der Waals surface area contributed by atoms with Gasteiger partial charge >= 0.3 is 0 Å². The van der Waals surface area contributed by atoms with Crippen LogP contribution in [-0.4, -0.2) is 16.4 Å². The van der Waals surface area contributed by atoms with Crippen molar-refractivity contribution in [1.82, 2.24) is 10.1 Å². The van der Waals surface area contributed by atoms with E-state index in [1.807, 2.05) is 25.2 Å². The van der Waals surface area contributed by atoms with Gasteiger partial charge < -0.3 is 4.52 Å². The number of rotatable bonds is 1. The third-order valence-corrected chi connectivity index (χ3v) is 2.13. The van der Waals surface area contributed by atoms with Crippen LogP contribution >= 0.6 is 0 Å². The van der Waals surface area contributed by atoms with Crippen molar-refractivity contribution in [2.24, 2.45) is 4.99 Å². The molecule has 2 heterocycles. The maximum absolute atomic E-state index is 4.95. The lowest BCUT2D eigenvalue weighted by Crippen LogP contribution is -2.17. The Morgan fingerprint density at radius 2 is 2.21 bits per heavy atom. The van der Waals surface area contributed by atoms with Gasteiger partial charge in [-0.1, -0.05) is 11.2 Å². The maximum atomic E-state index is 4.95. The molecule has 4 nitrogen and oxygen atoms in total. The molecule has 4 heteroatoms. The molecule has 0 fully saturated rings. The van der Waals surface area contributed by atoms with Gasteiger partial charge in [-0.15, -0.1) is 0 Å². The Morgan fingerprint density at radius 3 is 2.93 bits per heavy atom. The third kappa shape index (κ3) is 1.51. The summed E-state index contributed by atoms with van der Waals surface area (Å²) in [6.45, 7) is 3.79. The van der Waals surface area contributed by atoms with E-state index in [1.54, 1.807) is 19.3 Å². The van der Waals surface area contributed by atoms with E-state index in [0.717, 1.165) is 0 Å². The van der Waals surface area contributed by atoms with E-state index in [0.29, 0.717) is 11.7 Å². The number of nitrogens with zero attached hydrogens (tertiary/aromatic N) is 3. The summed E-state index contributed by atoms with van der Waals surface area (Å²) in [6, 6.07) is 0. The van der Waals surface area contributed by atoms with Crippen LogP contribution in [-0.2, 0) is 5.41 Å². The lowest BCUT2D eigenvalue weighted by atomic mass is 9.89. The molecule has 14 heavy (non-hydrogen) atoms. The van der Waals surface area contributed by atoms with E-state index in [1.165, 1.54) is 0 Å². The fourth-order valence-electron chi connectivity index (χ4n) is 1.26. The second-order valence-corrected chi connectivity index (χ2v) is 3.39. The first-order valence-electron chi connectivity index (χ1n) is 4.40. The minimum Gasteiger partial charge on any atom is -0.340 e. The Labute approximate surface area is 82.0 Å². The van der Waals surface area contributed by atoms with Gasteiger partial charge in [0.05, 0.1) is 5.41 Å². The van der Waals surface area contributed by atoms with E-state index in [4.69, 9.17) is 4.52 Å². The fraction of sp³-hybridized carbons (Fsp3) is 0.300. The summed E-state index contributed by atoms with van der Waals surface area (Å²) in [5.41, 5.74) is -0.325. The summed E-state index contributed by atoms with van der Waals surface area (Å²) in [5.74, 6) is 1.24. The Hall–Kier alpha value is -1.71. The zero-order valence-corrected chi connectivity index (χ0v) is 8.14. The molecular formula is C10H11N3O. The third-order valence-electron chi connectivity index (χ3n) is 2.13. The molecule has 0 bridgehead atoms. The topological polar surface area (TPSA) is 51.3 Å². The van der Waals surface area contributed by atoms with Crippen LogP contribution in [0.5, 0.6) is 0 Å². The zero-order valence-electron chi connectivity index (χ0n) is 8.14. The minimum absolute atomic E-state index is 0.325. The number of hydrogen-bond donors (Lipinski definition) is 0. The van der Waals surface area contributed by atoms with E-state index < -0.39 is 0 Å². The van der Waals surface area contributed by atoms with Crippen molar-refractivity contribution in [2.75, 3.05) is 0 Å². The summed E-state index contributed by atoms with van der Waals surface area (Å²) in [6.07, 6.45) is 9.29. The van der Waals surface area contributed by atoms with Gasteiger partial charge in [0.2, 0.25) is 5.89 Å². The van der Waals surface area contributed by atoms with Crippen LogP contribution in [0.1, 0.15) is 18.6 Å². The van der Waals surface area contributed by atoms with E-state index in [2.05, 4.69) is 15.1 Å². The summed E-state index contributed by atoms with van der Waals surface area (Å²) in [4.78, 5) is 8.23. The van der Waals surface area contributed by atoms with Gasteiger partial charge in [-0.25, -0.2) is 0 Å². The molecule has 72 valence electrons. The summed E-state index contributed by atoms with van der Waals surface area (Å²) >= 11 is 0. The summed E-state index contributed by atoms with van der Waals surface area (Å²) < 4.78 is 4.95. The first kappa shape index (κ1) is 8.87. The normalized spacial score (nSPS) is 25.3. The average Bonchev–Trinajstić information content (AvgIpc) is 2.47. The largest absolute Gasteiger partial charge is 0.340 e. The lowest BCUT2D eigenvalue weighted by molar-refractivity contribution is 0.382. The van der Waals surface area contributed by atoms with Crippen molar-refractivity contribution in [1.29, 1.82) is 0 Å². The number of aryl methyl sites for hydroxylation is 1. The van der Waals surface area contributed by atoms with Crippen molar-refractivity contribution < 1.29 is 4.52 Å². The quantitative estimate of drug-likeness (QED) is 0.676. The zero-order chi connectivity index (χ0) is 10.0. The van der Waals surface area contributed by atoms with Crippen LogP contribution in [0.25, 0.3) is 0 Å². The smallest absolute Gasteiger partial charge is 0.223 e. The molecule has 0 aliphatic carbocycles. The highest BCUT2D eigenvalue weighted by Crippen LogP contribution is 2.25. The SMILES string of the molecule is Cc1nc(C2(C)C=CC=NC=C2)no1. The predicted octanol–water partition coefficient (Wildman–Crippen LogP) is 1.79. The van der Waals surface area contributed by atoms with Crippen molar-refractivity contribution in [3.63, 3.8) is 0 Å². The van der Waals surface area contributed by atoms with Crippen molar-refractivity contribution >= 4 is 6.21 Å². The highest BCUT2D eigenvalue weighted by Gasteiger charge is 2.26. The van der Waals surface area contributed by atoms with Gasteiger partial charge in [-0.2, -0.15) is 4.98 Å². The molecule has 0 saturated carbocycles. The predicted molar refractivity (Wildman–Crippen MR) is 53.2 cm³/mol. The molecular weight excluding hydrogens is 178 g/mol. The molecule has 0 saturated heterocycles. The summed E-state index contributed by atoms with van der Waals surface area (Å²) in [7, 11) is 0. The monoisotopic (exact) mass is 189 g/mol. The number of aromatic nitrogens is 2. The molecule has 1 atom stereocenters. The Kier molecular flexibility index (Phi) is 2.04. The second-order valence-electron chi connectivity index (χ2n) is 3.39. The molecule has 1 unspecified atom stereocenters. The molecule has 1 aliphatic rings. The summed E-state index contributed by atoms with van der Waals surface area (Å²) in [5, 5.41) is 3.91. The number of aliphatic imine (C=N–C) groups is 1. The molecule has 0 aromatic carbocycles. The van der Waals surface area contributed by atoms with Crippen LogP contribution in [0.2, 0.25) is 0 Å². The Bertz CT molecular complexity index is 399. The highest BCUT2D eigenvalue weighted by atomic mass is 16.5. The molecule has 0 N–H and O–H groups in total. The van der Waals surface area contributed by atoms with Gasteiger partial charge in [-0.3, -0.25) is 4.99 Å². The van der Waals surface area contributed by atoms with Gasteiger partial charge in [0.15, 0.2) is 5.82 Å². The lowest BCUT2D eigenvalue weighted by Gasteiger charge is -2.15. The van der Waals surface area contributed by atoms with Crippen LogP contribution in [0, 0.1) is 6.92 Å². The van der Waals surface area contributed by atoms with Crippen molar-refractivity contribution in [3.05, 3.63) is 36.1 Å². The standard InChI is InChI=1S/C10H11N3O/c1-8-12-9(13-14-8)10(2)4-3-6-11-7-5-10/h3-7H,1-2H3. The van der Waals surface area contributed by atoms with Gasteiger partial charge in [0.1, 0.15) is 0 Å². The van der Waals surface area contributed by atoms with E-state index >= 15 is 0 Å². The molecule has 1 aromatic heterocycles. The van der Waals surface area contributed by atoms with Crippen LogP contribution in [0.4, 0.5) is 0 Å². The molecule has 0 spiro atoms. The van der Waals surface area contributed by atoms with Gasteiger partial charge in [-0.05, 0) is 19.1 Å². The number of hydrogen-bond acceptors (Lipinski definition) is 4. The minimum atomic E-state index is -0.325. The van der Waals surface area contributed by atoms with E-state index in [9.17, 15) is 0 Å². The highest BCUT2D eigenvalue weighted by molar-refractivity contribution is 5.73. The molecule has 0 amide bonds. The second kappa shape index (κ2) is 3.21. The Morgan fingerprint density at radius 1 is 1.36 bits per heavy atom. The number of allylic oxidation sites excluding steroid dienone is 3. The molecule has 0 radical (unpaired) electrons. The average molecular weight is 189 g/mol. The van der Waals surface area contributed by atoms with Crippen LogP contribution in [0.15, 0.2) is 33.9 Å². The Balaban J connectivity index is 2.41. The first-order valence-corrected chi connectivity index (χ1v) is 4.40. The first-order chi connectivity index (χ1) is 6.71. The van der Waals surface area contributed by atoms with Gasteiger partial charge in [0, 0.05) is 19.3 Å². The molecule has 1 aliphatic heterocycles. The van der Waals surface area contributed by atoms with Crippen LogP contribution in [0.3, 0.4) is 0 Å². The fourth-order valence-corrected chi connectivity index (χ4v) is 1.26. The maximum Gasteiger partial charge on any atom is 0.223 e. The van der Waals surface area contributed by atoms with E-state index in [-0.39, 0.29) is 5.41 Å². The molecule has 2 rings (SSSR count). The van der Waals surface area contributed by atoms with Crippen LogP contribution < -0.4 is 0 Å². The van der Waals surface area contributed by atoms with Crippen molar-refractivity contribution in [3.8, 4) is 0 Å². The molecule has 1 aromatic rings. The van der Waals surface area contributed by atoms with Gasteiger partial charge in [0.25, 0.3) is 0 Å². The van der Waals surface area contributed by atoms with Crippen molar-refractivity contribution in [2.45, 2.75) is 19.3 Å².